The molecule has 16 heavy (non-hydrogen) atoms. The minimum atomic E-state index is -2.86. The van der Waals surface area contributed by atoms with E-state index in [1.807, 2.05) is 6.07 Å². The van der Waals surface area contributed by atoms with E-state index in [9.17, 15) is 8.78 Å². The molecule has 0 amide bonds. The van der Waals surface area contributed by atoms with Gasteiger partial charge >= 0.3 is 6.61 Å². The van der Waals surface area contributed by atoms with E-state index in [0.717, 1.165) is 5.56 Å². The fourth-order valence-corrected chi connectivity index (χ4v) is 2.09. The molecule has 0 saturated heterocycles. The maximum absolute atomic E-state index is 12.2. The van der Waals surface area contributed by atoms with Gasteiger partial charge in [-0.15, -0.1) is 0 Å². The lowest BCUT2D eigenvalue weighted by Crippen LogP contribution is -2.02. The molecular formula is C9H6Br2F2N2O. The summed E-state index contributed by atoms with van der Waals surface area (Å²) in [5.41, 5.74) is 1.87. The second-order valence-corrected chi connectivity index (χ2v) is 4.34. The van der Waals surface area contributed by atoms with Gasteiger partial charge in [-0.1, -0.05) is 15.9 Å². The quantitative estimate of drug-likeness (QED) is 0.850. The minimum Gasteiger partial charge on any atom is -0.432 e. The Morgan fingerprint density at radius 2 is 2.19 bits per heavy atom. The van der Waals surface area contributed by atoms with Gasteiger partial charge in [-0.3, -0.25) is 0 Å². The third-order valence-electron chi connectivity index (χ3n) is 1.95. The highest BCUT2D eigenvalue weighted by Gasteiger charge is 2.13. The Labute approximate surface area is 106 Å². The average molecular weight is 356 g/mol. The van der Waals surface area contributed by atoms with Crippen LogP contribution in [0.2, 0.25) is 0 Å². The van der Waals surface area contributed by atoms with Crippen molar-refractivity contribution in [2.75, 3.05) is 0 Å². The number of nitrogens with one attached hydrogen (secondary N) is 1. The maximum atomic E-state index is 12.2. The van der Waals surface area contributed by atoms with Crippen LogP contribution < -0.4 is 4.74 Å². The van der Waals surface area contributed by atoms with Crippen molar-refractivity contribution in [3.63, 3.8) is 0 Å². The third kappa shape index (κ3) is 2.35. The van der Waals surface area contributed by atoms with Crippen LogP contribution in [0.25, 0.3) is 11.0 Å². The van der Waals surface area contributed by atoms with Crippen molar-refractivity contribution in [2.24, 2.45) is 0 Å². The number of rotatable bonds is 3. The Hall–Kier alpha value is -0.690. The first-order valence-corrected chi connectivity index (χ1v) is 6.20. The molecule has 0 radical (unpaired) electrons. The summed E-state index contributed by atoms with van der Waals surface area (Å²) in [5, 5.41) is 0.555. The Morgan fingerprint density at radius 1 is 1.44 bits per heavy atom. The van der Waals surface area contributed by atoms with Crippen LogP contribution in [0.1, 0.15) is 5.56 Å². The van der Waals surface area contributed by atoms with Crippen molar-refractivity contribution in [1.29, 1.82) is 0 Å². The van der Waals surface area contributed by atoms with Gasteiger partial charge in [-0.2, -0.15) is 8.78 Å². The molecule has 0 unspecified atom stereocenters. The van der Waals surface area contributed by atoms with Crippen molar-refractivity contribution in [1.82, 2.24) is 9.97 Å². The fourth-order valence-electron chi connectivity index (χ4n) is 1.38. The molecule has 1 aromatic heterocycles. The number of ether oxygens (including phenoxy) is 1. The molecule has 0 aliphatic heterocycles. The molecule has 0 atom stereocenters. The molecule has 2 rings (SSSR count). The van der Waals surface area contributed by atoms with Gasteiger partial charge in [-0.25, -0.2) is 4.98 Å². The van der Waals surface area contributed by atoms with Gasteiger partial charge in [0.15, 0.2) is 10.5 Å². The van der Waals surface area contributed by atoms with E-state index in [2.05, 4.69) is 46.6 Å². The predicted octanol–water partition coefficient (Wildman–Crippen LogP) is 3.82. The van der Waals surface area contributed by atoms with Crippen molar-refractivity contribution < 1.29 is 13.5 Å². The molecule has 7 heteroatoms. The van der Waals surface area contributed by atoms with Crippen molar-refractivity contribution in [2.45, 2.75) is 11.9 Å². The molecule has 0 fully saturated rings. The molecule has 0 bridgehead atoms. The second-order valence-electron chi connectivity index (χ2n) is 3.03. The lowest BCUT2D eigenvalue weighted by Gasteiger charge is -2.06. The first-order valence-electron chi connectivity index (χ1n) is 4.29. The number of H-pyrrole nitrogens is 1. The van der Waals surface area contributed by atoms with Gasteiger partial charge in [0.2, 0.25) is 0 Å². The molecule has 1 heterocycles. The van der Waals surface area contributed by atoms with Gasteiger partial charge in [0.1, 0.15) is 5.52 Å². The van der Waals surface area contributed by atoms with Gasteiger partial charge in [0.25, 0.3) is 0 Å². The molecule has 0 saturated carbocycles. The summed E-state index contributed by atoms with van der Waals surface area (Å²) < 4.78 is 29.3. The van der Waals surface area contributed by atoms with Crippen molar-refractivity contribution in [3.05, 3.63) is 22.4 Å². The number of fused-ring (bicyclic) bond motifs is 1. The van der Waals surface area contributed by atoms with Crippen LogP contribution >= 0.6 is 31.9 Å². The van der Waals surface area contributed by atoms with Gasteiger partial charge in [-0.05, 0) is 33.6 Å². The molecule has 0 aliphatic carbocycles. The summed E-state index contributed by atoms with van der Waals surface area (Å²) in [6, 6.07) is 3.36. The third-order valence-corrected chi connectivity index (χ3v) is 2.98. The van der Waals surface area contributed by atoms with Crippen LogP contribution in [0.4, 0.5) is 8.78 Å². The van der Waals surface area contributed by atoms with E-state index >= 15 is 0 Å². The van der Waals surface area contributed by atoms with E-state index in [4.69, 9.17) is 0 Å². The number of nitrogens with zero attached hydrogens (tertiary/aromatic N) is 1. The van der Waals surface area contributed by atoms with Crippen LogP contribution in [-0.4, -0.2) is 16.6 Å². The number of aromatic amines is 1. The highest BCUT2D eigenvalue weighted by Crippen LogP contribution is 2.29. The fraction of sp³-hybridized carbons (Fsp3) is 0.222. The lowest BCUT2D eigenvalue weighted by molar-refractivity contribution is -0.0489. The monoisotopic (exact) mass is 354 g/mol. The standard InChI is InChI=1S/C9H6Br2F2N2O/c10-3-4-1-5-7(15-8(11)14-5)6(2-4)16-9(12)13/h1-2,9H,3H2,(H,14,15). The van der Waals surface area contributed by atoms with Crippen LogP contribution in [0, 0.1) is 0 Å². The van der Waals surface area contributed by atoms with E-state index in [1.165, 1.54) is 6.07 Å². The number of benzene rings is 1. The molecule has 1 N–H and O–H groups in total. The molecule has 1 aromatic carbocycles. The largest absolute Gasteiger partial charge is 0.432 e. The Bertz CT molecular complexity index is 515. The summed E-state index contributed by atoms with van der Waals surface area (Å²) in [6.45, 7) is -2.86. The normalized spacial score (nSPS) is 11.3. The first-order chi connectivity index (χ1) is 7.60. The SMILES string of the molecule is FC(F)Oc1cc(CBr)cc2[nH]c(Br)nc12. The zero-order valence-corrected chi connectivity index (χ0v) is 11.0. The van der Waals surface area contributed by atoms with Gasteiger partial charge in [0, 0.05) is 5.33 Å². The van der Waals surface area contributed by atoms with E-state index in [-0.39, 0.29) is 5.75 Å². The molecule has 3 nitrogen and oxygen atoms in total. The molecule has 0 aliphatic rings. The molecule has 0 spiro atoms. The lowest BCUT2D eigenvalue weighted by atomic mass is 10.2. The molecule has 2 aromatic rings. The van der Waals surface area contributed by atoms with Crippen molar-refractivity contribution >= 4 is 42.9 Å². The number of hydrogen-bond donors (Lipinski definition) is 1. The summed E-state index contributed by atoms with van der Waals surface area (Å²) >= 11 is 6.41. The maximum Gasteiger partial charge on any atom is 0.387 e. The second kappa shape index (κ2) is 4.67. The number of imidazole rings is 1. The Balaban J connectivity index is 2.58. The Morgan fingerprint density at radius 3 is 2.81 bits per heavy atom. The summed E-state index contributed by atoms with van der Waals surface area (Å²) in [7, 11) is 0. The van der Waals surface area contributed by atoms with Crippen molar-refractivity contribution in [3.8, 4) is 5.75 Å². The van der Waals surface area contributed by atoms with Gasteiger partial charge < -0.3 is 9.72 Å². The smallest absolute Gasteiger partial charge is 0.387 e. The molecular weight excluding hydrogens is 350 g/mol. The average Bonchev–Trinajstić information content (AvgIpc) is 2.57. The van der Waals surface area contributed by atoms with E-state index < -0.39 is 6.61 Å². The number of aromatic nitrogens is 2. The van der Waals surface area contributed by atoms with E-state index in [0.29, 0.717) is 21.1 Å². The zero-order valence-electron chi connectivity index (χ0n) is 7.81. The van der Waals surface area contributed by atoms with Gasteiger partial charge in [0.05, 0.1) is 5.52 Å². The van der Waals surface area contributed by atoms with E-state index in [1.54, 1.807) is 0 Å². The highest BCUT2D eigenvalue weighted by molar-refractivity contribution is 9.10. The zero-order chi connectivity index (χ0) is 11.7. The number of halogens is 4. The summed E-state index contributed by atoms with van der Waals surface area (Å²) in [5.74, 6) is 0.0731. The van der Waals surface area contributed by atoms with Crippen LogP contribution in [-0.2, 0) is 5.33 Å². The topological polar surface area (TPSA) is 37.9 Å². The van der Waals surface area contributed by atoms with Crippen LogP contribution in [0.15, 0.2) is 16.9 Å². The first kappa shape index (κ1) is 11.8. The highest BCUT2D eigenvalue weighted by atomic mass is 79.9. The minimum absolute atomic E-state index is 0.0731. The summed E-state index contributed by atoms with van der Waals surface area (Å²) in [6.07, 6.45) is 0. The van der Waals surface area contributed by atoms with Crippen LogP contribution in [0.5, 0.6) is 5.75 Å². The predicted molar refractivity (Wildman–Crippen MR) is 63.1 cm³/mol. The van der Waals surface area contributed by atoms with Crippen LogP contribution in [0.3, 0.4) is 0 Å². The molecule has 86 valence electrons. The Kier molecular flexibility index (Phi) is 3.44. The summed E-state index contributed by atoms with van der Waals surface area (Å²) in [4.78, 5) is 6.94. The number of alkyl halides is 3. The number of hydrogen-bond acceptors (Lipinski definition) is 2.